The molecule has 1 aliphatic heterocycles. The van der Waals surface area contributed by atoms with Gasteiger partial charge in [-0.25, -0.2) is 4.98 Å². The number of hydrogen-bond donors (Lipinski definition) is 2. The molecule has 6 heteroatoms. The smallest absolute Gasteiger partial charge is 0.262 e. The van der Waals surface area contributed by atoms with Gasteiger partial charge in [-0.2, -0.15) is 0 Å². The number of phenols is 2. The zero-order valence-corrected chi connectivity index (χ0v) is 23.1. The first-order valence-electron chi connectivity index (χ1n) is 14.1. The molecule has 41 heavy (non-hydrogen) atoms. The van der Waals surface area contributed by atoms with Crippen molar-refractivity contribution >= 4 is 22.5 Å². The Hall–Kier alpha value is -4.68. The van der Waals surface area contributed by atoms with Crippen LogP contribution in [0.1, 0.15) is 39.9 Å². The molecule has 5 aromatic rings. The SMILES string of the molecule is Cc1cc2ccccc2nc1-c1ccc(N(Cc2ccc(CN3CCCC3)cc2)C(=O)c2ccc(O)cc2O)cc1. The lowest BCUT2D eigenvalue weighted by Crippen LogP contribution is -2.30. The largest absolute Gasteiger partial charge is 0.508 e. The highest BCUT2D eigenvalue weighted by Gasteiger charge is 2.22. The number of hydrogen-bond acceptors (Lipinski definition) is 5. The number of carbonyl (C=O) groups is 1. The fourth-order valence-corrected chi connectivity index (χ4v) is 5.57. The van der Waals surface area contributed by atoms with E-state index in [2.05, 4.69) is 48.2 Å². The number of aryl methyl sites for hydroxylation is 1. The zero-order chi connectivity index (χ0) is 28.3. The molecule has 0 spiro atoms. The Morgan fingerprint density at radius 3 is 2.29 bits per heavy atom. The number of para-hydroxylation sites is 1. The topological polar surface area (TPSA) is 76.9 Å². The van der Waals surface area contributed by atoms with Crippen LogP contribution in [0.15, 0.2) is 97.1 Å². The molecule has 0 saturated carbocycles. The number of nitrogens with zero attached hydrogens (tertiary/aromatic N) is 3. The van der Waals surface area contributed by atoms with E-state index in [1.54, 1.807) is 4.90 Å². The van der Waals surface area contributed by atoms with E-state index in [4.69, 9.17) is 4.98 Å². The Bertz CT molecular complexity index is 1690. The minimum Gasteiger partial charge on any atom is -0.508 e. The van der Waals surface area contributed by atoms with Gasteiger partial charge in [0.15, 0.2) is 0 Å². The van der Waals surface area contributed by atoms with Gasteiger partial charge in [-0.3, -0.25) is 9.69 Å². The molecule has 1 fully saturated rings. The molecule has 2 N–H and O–H groups in total. The number of aromatic hydroxyl groups is 2. The predicted molar refractivity (Wildman–Crippen MR) is 163 cm³/mol. The van der Waals surface area contributed by atoms with Gasteiger partial charge >= 0.3 is 0 Å². The van der Waals surface area contributed by atoms with Crippen LogP contribution >= 0.6 is 0 Å². The highest BCUT2D eigenvalue weighted by atomic mass is 16.3. The molecule has 1 aromatic heterocycles. The van der Waals surface area contributed by atoms with Crippen LogP contribution in [0.25, 0.3) is 22.2 Å². The summed E-state index contributed by atoms with van der Waals surface area (Å²) in [4.78, 5) is 22.8. The van der Waals surface area contributed by atoms with Gasteiger partial charge in [0.05, 0.1) is 23.3 Å². The van der Waals surface area contributed by atoms with Crippen molar-refractivity contribution in [2.45, 2.75) is 32.9 Å². The van der Waals surface area contributed by atoms with E-state index in [1.807, 2.05) is 42.5 Å². The third kappa shape index (κ3) is 5.79. The molecule has 0 unspecified atom stereocenters. The second-order valence-electron chi connectivity index (χ2n) is 10.8. The Balaban J connectivity index is 1.31. The van der Waals surface area contributed by atoms with Gasteiger partial charge in [0.25, 0.3) is 5.91 Å². The van der Waals surface area contributed by atoms with Crippen molar-refractivity contribution in [2.24, 2.45) is 0 Å². The molecule has 1 saturated heterocycles. The van der Waals surface area contributed by atoms with Crippen LogP contribution in [0.2, 0.25) is 0 Å². The summed E-state index contributed by atoms with van der Waals surface area (Å²) in [7, 11) is 0. The van der Waals surface area contributed by atoms with Gasteiger partial charge in [0.2, 0.25) is 0 Å². The van der Waals surface area contributed by atoms with Crippen LogP contribution in [0.5, 0.6) is 11.5 Å². The van der Waals surface area contributed by atoms with E-state index in [0.29, 0.717) is 12.2 Å². The summed E-state index contributed by atoms with van der Waals surface area (Å²) in [5.74, 6) is -0.702. The summed E-state index contributed by atoms with van der Waals surface area (Å²) in [6.07, 6.45) is 2.52. The number of anilines is 1. The Labute approximate surface area is 240 Å². The maximum absolute atomic E-state index is 13.8. The molecule has 0 bridgehead atoms. The highest BCUT2D eigenvalue weighted by molar-refractivity contribution is 6.08. The molecule has 0 atom stereocenters. The number of likely N-dealkylation sites (tertiary alicyclic amines) is 1. The van der Waals surface area contributed by atoms with Gasteiger partial charge in [-0.1, -0.05) is 54.6 Å². The van der Waals surface area contributed by atoms with E-state index >= 15 is 0 Å². The first-order chi connectivity index (χ1) is 19.9. The van der Waals surface area contributed by atoms with Crippen molar-refractivity contribution in [3.05, 3.63) is 119 Å². The molecule has 6 nitrogen and oxygen atoms in total. The van der Waals surface area contributed by atoms with Gasteiger partial charge in [0, 0.05) is 29.2 Å². The monoisotopic (exact) mass is 543 g/mol. The first-order valence-corrected chi connectivity index (χ1v) is 14.1. The van der Waals surface area contributed by atoms with Crippen LogP contribution < -0.4 is 4.90 Å². The molecular weight excluding hydrogens is 510 g/mol. The number of rotatable bonds is 7. The summed E-state index contributed by atoms with van der Waals surface area (Å²) >= 11 is 0. The summed E-state index contributed by atoms with van der Waals surface area (Å²) in [6.45, 7) is 5.61. The van der Waals surface area contributed by atoms with E-state index in [9.17, 15) is 15.0 Å². The lowest BCUT2D eigenvalue weighted by Gasteiger charge is -2.24. The Morgan fingerprint density at radius 2 is 1.56 bits per heavy atom. The lowest BCUT2D eigenvalue weighted by molar-refractivity contribution is 0.0982. The number of aromatic nitrogens is 1. The number of pyridine rings is 1. The average Bonchev–Trinajstić information content (AvgIpc) is 3.49. The van der Waals surface area contributed by atoms with Gasteiger partial charge in [0.1, 0.15) is 11.5 Å². The summed E-state index contributed by atoms with van der Waals surface area (Å²) in [6, 6.07) is 30.5. The van der Waals surface area contributed by atoms with Crippen molar-refractivity contribution in [1.29, 1.82) is 0 Å². The number of fused-ring (bicyclic) bond motifs is 1. The lowest BCUT2D eigenvalue weighted by atomic mass is 10.0. The fourth-order valence-electron chi connectivity index (χ4n) is 5.57. The van der Waals surface area contributed by atoms with Crippen molar-refractivity contribution in [3.63, 3.8) is 0 Å². The Kier molecular flexibility index (Phi) is 7.40. The zero-order valence-electron chi connectivity index (χ0n) is 23.1. The maximum Gasteiger partial charge on any atom is 0.262 e. The fraction of sp³-hybridized carbons (Fsp3) is 0.200. The number of amides is 1. The van der Waals surface area contributed by atoms with Gasteiger partial charge in [-0.15, -0.1) is 0 Å². The minimum atomic E-state index is -0.351. The van der Waals surface area contributed by atoms with Gasteiger partial charge in [-0.05, 0) is 85.9 Å². The molecule has 0 aliphatic carbocycles. The van der Waals surface area contributed by atoms with Crippen molar-refractivity contribution in [3.8, 4) is 22.8 Å². The van der Waals surface area contributed by atoms with Crippen molar-refractivity contribution < 1.29 is 15.0 Å². The number of carbonyl (C=O) groups excluding carboxylic acids is 1. The van der Waals surface area contributed by atoms with E-state index in [1.165, 1.54) is 36.6 Å². The summed E-state index contributed by atoms with van der Waals surface area (Å²) in [5.41, 5.74) is 6.94. The van der Waals surface area contributed by atoms with Crippen LogP contribution in [0.4, 0.5) is 5.69 Å². The molecule has 1 amide bonds. The average molecular weight is 544 g/mol. The quantitative estimate of drug-likeness (QED) is 0.230. The van der Waals surface area contributed by atoms with E-state index in [-0.39, 0.29) is 23.0 Å². The van der Waals surface area contributed by atoms with Crippen molar-refractivity contribution in [2.75, 3.05) is 18.0 Å². The Morgan fingerprint density at radius 1 is 0.854 bits per heavy atom. The standard InChI is InChI=1S/C35H33N3O3/c1-24-20-28-6-2-3-7-32(28)36-34(24)27-12-14-29(15-13-27)38(35(41)31-17-16-30(39)21-33(31)40)23-26-10-8-25(9-11-26)22-37-18-4-5-19-37/h2-3,6-17,20-21,39-40H,4-5,18-19,22-23H2,1H3. The first kappa shape index (κ1) is 26.5. The molecule has 206 valence electrons. The summed E-state index contributed by atoms with van der Waals surface area (Å²) < 4.78 is 0. The van der Waals surface area contributed by atoms with Crippen LogP contribution in [0, 0.1) is 6.92 Å². The van der Waals surface area contributed by atoms with E-state index in [0.717, 1.165) is 52.9 Å². The third-order valence-electron chi connectivity index (χ3n) is 7.79. The molecular formula is C35H33N3O3. The molecule has 0 radical (unpaired) electrons. The number of benzene rings is 4. The molecule has 6 rings (SSSR count). The molecule has 2 heterocycles. The minimum absolute atomic E-state index is 0.0956. The van der Waals surface area contributed by atoms with Crippen LogP contribution in [0.3, 0.4) is 0 Å². The second kappa shape index (κ2) is 11.4. The van der Waals surface area contributed by atoms with Crippen LogP contribution in [-0.2, 0) is 13.1 Å². The maximum atomic E-state index is 13.8. The molecule has 4 aromatic carbocycles. The third-order valence-corrected chi connectivity index (χ3v) is 7.79. The number of phenolic OH excluding ortho intramolecular Hbond substituents is 2. The van der Waals surface area contributed by atoms with Crippen LogP contribution in [-0.4, -0.2) is 39.1 Å². The second-order valence-corrected chi connectivity index (χ2v) is 10.8. The normalized spacial score (nSPS) is 13.5. The highest BCUT2D eigenvalue weighted by Crippen LogP contribution is 2.31. The summed E-state index contributed by atoms with van der Waals surface area (Å²) in [5, 5.41) is 21.4. The van der Waals surface area contributed by atoms with E-state index < -0.39 is 0 Å². The van der Waals surface area contributed by atoms with Gasteiger partial charge < -0.3 is 15.1 Å². The van der Waals surface area contributed by atoms with Crippen molar-refractivity contribution in [1.82, 2.24) is 9.88 Å². The predicted octanol–water partition coefficient (Wildman–Crippen LogP) is 7.06. The molecule has 1 aliphatic rings.